The predicted molar refractivity (Wildman–Crippen MR) is 138 cm³/mol. The van der Waals surface area contributed by atoms with Gasteiger partial charge in [-0.25, -0.2) is 0 Å². The lowest BCUT2D eigenvalue weighted by Gasteiger charge is -2.32. The fourth-order valence-corrected chi connectivity index (χ4v) is 4.83. The lowest BCUT2D eigenvalue weighted by Crippen LogP contribution is -2.38. The van der Waals surface area contributed by atoms with Gasteiger partial charge in [-0.2, -0.15) is 0 Å². The fraction of sp³-hybridized carbons (Fsp3) is 0.407. The number of thioether (sulfide) groups is 1. The summed E-state index contributed by atoms with van der Waals surface area (Å²) in [5.74, 6) is 1.25. The lowest BCUT2D eigenvalue weighted by atomic mass is 9.96. The van der Waals surface area contributed by atoms with Crippen LogP contribution in [0.15, 0.2) is 53.6 Å². The average molecular weight is 480 g/mol. The first-order valence-corrected chi connectivity index (χ1v) is 13.0. The van der Waals surface area contributed by atoms with Gasteiger partial charge in [0.25, 0.3) is 11.8 Å². The Labute approximate surface area is 206 Å². The van der Waals surface area contributed by atoms with Crippen LogP contribution in [0.4, 0.5) is 5.69 Å². The van der Waals surface area contributed by atoms with Crippen molar-refractivity contribution in [2.45, 2.75) is 33.2 Å². The number of carbonyl (C=O) groups excluding carboxylic acids is 2. The zero-order valence-electron chi connectivity index (χ0n) is 19.9. The quantitative estimate of drug-likeness (QED) is 0.612. The zero-order valence-corrected chi connectivity index (χ0v) is 20.7. The van der Waals surface area contributed by atoms with Crippen molar-refractivity contribution < 1.29 is 14.3 Å². The van der Waals surface area contributed by atoms with Crippen LogP contribution in [0.3, 0.4) is 0 Å². The van der Waals surface area contributed by atoms with E-state index < -0.39 is 0 Å². The summed E-state index contributed by atoms with van der Waals surface area (Å²) in [5.41, 5.74) is 4.71. The molecule has 7 heteroatoms. The number of carbonyl (C=O) groups is 2. The second-order valence-corrected chi connectivity index (χ2v) is 10.1. The van der Waals surface area contributed by atoms with E-state index in [1.165, 1.54) is 11.1 Å². The van der Waals surface area contributed by atoms with Gasteiger partial charge in [0.05, 0.1) is 6.61 Å². The van der Waals surface area contributed by atoms with Crippen molar-refractivity contribution in [1.29, 1.82) is 0 Å². The summed E-state index contributed by atoms with van der Waals surface area (Å²) < 4.78 is 5.43. The van der Waals surface area contributed by atoms with Gasteiger partial charge >= 0.3 is 0 Å². The first-order chi connectivity index (χ1) is 16.5. The standard InChI is InChI=1S/C27H33N3O3S/c1-19-3-6-22(7-4-19)17-30-11-9-21(10-12-30)16-28-26(31)23-8-5-20(2)24(15-23)29-27(32)25-18-34-14-13-33-25/h3-8,15,18,21H,9-14,16-17H2,1-2H3,(H,28,31)(H,29,32). The molecule has 0 saturated carbocycles. The number of hydrogen-bond acceptors (Lipinski definition) is 5. The summed E-state index contributed by atoms with van der Waals surface area (Å²) in [5, 5.41) is 7.70. The number of aryl methyl sites for hydroxylation is 2. The van der Waals surface area contributed by atoms with Crippen molar-refractivity contribution in [1.82, 2.24) is 10.2 Å². The molecule has 2 heterocycles. The summed E-state index contributed by atoms with van der Waals surface area (Å²) in [4.78, 5) is 27.8. The molecule has 180 valence electrons. The van der Waals surface area contributed by atoms with Gasteiger partial charge in [0.15, 0.2) is 5.76 Å². The molecule has 2 aliphatic rings. The Morgan fingerprint density at radius 1 is 1.06 bits per heavy atom. The van der Waals surface area contributed by atoms with E-state index in [9.17, 15) is 9.59 Å². The summed E-state index contributed by atoms with van der Waals surface area (Å²) in [6.45, 7) is 8.29. The van der Waals surface area contributed by atoms with Gasteiger partial charge in [0.2, 0.25) is 0 Å². The van der Waals surface area contributed by atoms with E-state index in [1.807, 2.05) is 13.0 Å². The summed E-state index contributed by atoms with van der Waals surface area (Å²) in [7, 11) is 0. The molecule has 0 atom stereocenters. The first kappa shape index (κ1) is 24.4. The molecule has 2 aliphatic heterocycles. The molecule has 1 fully saturated rings. The number of nitrogens with one attached hydrogen (secondary N) is 2. The molecule has 2 amide bonds. The molecule has 0 radical (unpaired) electrons. The molecule has 0 aromatic heterocycles. The Hall–Kier alpha value is -2.77. The monoisotopic (exact) mass is 479 g/mol. The zero-order chi connectivity index (χ0) is 23.9. The molecule has 2 aromatic rings. The van der Waals surface area contributed by atoms with Gasteiger partial charge < -0.3 is 15.4 Å². The molecule has 2 aromatic carbocycles. The lowest BCUT2D eigenvalue weighted by molar-refractivity contribution is -0.116. The minimum absolute atomic E-state index is 0.110. The van der Waals surface area contributed by atoms with Gasteiger partial charge in [0.1, 0.15) is 0 Å². The van der Waals surface area contributed by atoms with E-state index in [0.29, 0.717) is 36.1 Å². The third-order valence-electron chi connectivity index (χ3n) is 6.41. The molecule has 1 saturated heterocycles. The van der Waals surface area contributed by atoms with Gasteiger partial charge in [-0.3, -0.25) is 14.5 Å². The minimum Gasteiger partial charge on any atom is -0.487 e. The van der Waals surface area contributed by atoms with E-state index in [1.54, 1.807) is 29.3 Å². The van der Waals surface area contributed by atoms with Crippen LogP contribution in [0.25, 0.3) is 0 Å². The number of likely N-dealkylation sites (tertiary alicyclic amines) is 1. The number of hydrogen-bond donors (Lipinski definition) is 2. The molecule has 2 N–H and O–H groups in total. The van der Waals surface area contributed by atoms with Crippen molar-refractivity contribution in [2.24, 2.45) is 5.92 Å². The van der Waals surface area contributed by atoms with Crippen LogP contribution < -0.4 is 10.6 Å². The van der Waals surface area contributed by atoms with Crippen LogP contribution in [0.1, 0.15) is 39.9 Å². The van der Waals surface area contributed by atoms with Gasteiger partial charge in [-0.05, 0) is 69.0 Å². The molecule has 34 heavy (non-hydrogen) atoms. The van der Waals surface area contributed by atoms with Crippen LogP contribution in [0.2, 0.25) is 0 Å². The number of nitrogens with zero attached hydrogens (tertiary/aromatic N) is 1. The topological polar surface area (TPSA) is 70.7 Å². The maximum absolute atomic E-state index is 12.8. The smallest absolute Gasteiger partial charge is 0.291 e. The highest BCUT2D eigenvalue weighted by atomic mass is 32.2. The minimum atomic E-state index is -0.287. The normalized spacial score (nSPS) is 16.9. The number of anilines is 1. The van der Waals surface area contributed by atoms with E-state index in [0.717, 1.165) is 43.8 Å². The highest BCUT2D eigenvalue weighted by molar-refractivity contribution is 8.02. The van der Waals surface area contributed by atoms with E-state index >= 15 is 0 Å². The third kappa shape index (κ3) is 6.64. The van der Waals surface area contributed by atoms with E-state index in [2.05, 4.69) is 46.7 Å². The number of rotatable bonds is 7. The first-order valence-electron chi connectivity index (χ1n) is 11.9. The van der Waals surface area contributed by atoms with Gasteiger partial charge in [-0.1, -0.05) is 35.9 Å². The van der Waals surface area contributed by atoms with Crippen LogP contribution in [-0.4, -0.2) is 48.7 Å². The molecule has 4 rings (SSSR count). The summed E-state index contributed by atoms with van der Waals surface area (Å²) in [6.07, 6.45) is 2.16. The van der Waals surface area contributed by atoms with E-state index in [-0.39, 0.29) is 11.8 Å². The van der Waals surface area contributed by atoms with Crippen molar-refractivity contribution in [2.75, 3.05) is 37.3 Å². The Morgan fingerprint density at radius 3 is 2.53 bits per heavy atom. The van der Waals surface area contributed by atoms with Crippen LogP contribution >= 0.6 is 11.8 Å². The van der Waals surface area contributed by atoms with Crippen LogP contribution in [0.5, 0.6) is 0 Å². The maximum Gasteiger partial charge on any atom is 0.291 e. The highest BCUT2D eigenvalue weighted by Crippen LogP contribution is 2.22. The molecular weight excluding hydrogens is 446 g/mol. The SMILES string of the molecule is Cc1ccc(CN2CCC(CNC(=O)c3ccc(C)c(NC(=O)C4=CSCCO4)c3)CC2)cc1. The second kappa shape index (κ2) is 11.6. The van der Waals surface area contributed by atoms with Crippen molar-refractivity contribution in [3.05, 3.63) is 75.9 Å². The molecule has 0 unspecified atom stereocenters. The average Bonchev–Trinajstić information content (AvgIpc) is 2.86. The van der Waals surface area contributed by atoms with Crippen LogP contribution in [0, 0.1) is 19.8 Å². The fourth-order valence-electron chi connectivity index (χ4n) is 4.21. The number of benzene rings is 2. The number of ether oxygens (including phenoxy) is 1. The maximum atomic E-state index is 12.8. The van der Waals surface area contributed by atoms with E-state index in [4.69, 9.17) is 4.74 Å². The predicted octanol–water partition coefficient (Wildman–Crippen LogP) is 4.49. The molecule has 0 bridgehead atoms. The Morgan fingerprint density at radius 2 is 1.82 bits per heavy atom. The van der Waals surface area contributed by atoms with Gasteiger partial charge in [-0.15, -0.1) is 11.8 Å². The molecule has 6 nitrogen and oxygen atoms in total. The Balaban J connectivity index is 1.25. The molecular formula is C27H33N3O3S. The van der Waals surface area contributed by atoms with Gasteiger partial charge in [0, 0.05) is 35.5 Å². The number of piperidine rings is 1. The van der Waals surface area contributed by atoms with Crippen molar-refractivity contribution >= 4 is 29.3 Å². The summed E-state index contributed by atoms with van der Waals surface area (Å²) >= 11 is 1.56. The largest absolute Gasteiger partial charge is 0.487 e. The molecule has 0 aliphatic carbocycles. The van der Waals surface area contributed by atoms with Crippen LogP contribution in [-0.2, 0) is 16.1 Å². The van der Waals surface area contributed by atoms with Crippen molar-refractivity contribution in [3.63, 3.8) is 0 Å². The highest BCUT2D eigenvalue weighted by Gasteiger charge is 2.21. The summed E-state index contributed by atoms with van der Waals surface area (Å²) in [6, 6.07) is 14.1. The second-order valence-electron chi connectivity index (χ2n) is 9.10. The number of amides is 2. The van der Waals surface area contributed by atoms with Crippen molar-refractivity contribution in [3.8, 4) is 0 Å². The Kier molecular flexibility index (Phi) is 8.29. The molecule has 0 spiro atoms. The Bertz CT molecular complexity index is 1040. The third-order valence-corrected chi connectivity index (χ3v) is 7.19.